The maximum atomic E-state index is 7.15. The lowest BCUT2D eigenvalue weighted by molar-refractivity contribution is 0.480. The lowest BCUT2D eigenvalue weighted by atomic mass is 9.85. The summed E-state index contributed by atoms with van der Waals surface area (Å²) in [7, 11) is 0. The van der Waals surface area contributed by atoms with Crippen LogP contribution in [0.1, 0.15) is 36.3 Å². The summed E-state index contributed by atoms with van der Waals surface area (Å²) in [5, 5.41) is 6.83. The van der Waals surface area contributed by atoms with E-state index in [1.54, 1.807) is 0 Å². The molecule has 0 spiro atoms. The van der Waals surface area contributed by atoms with E-state index in [0.29, 0.717) is 5.92 Å². The van der Waals surface area contributed by atoms with Gasteiger partial charge in [0.25, 0.3) is 0 Å². The van der Waals surface area contributed by atoms with Crippen molar-refractivity contribution in [2.24, 2.45) is 0 Å². The van der Waals surface area contributed by atoms with Gasteiger partial charge in [0, 0.05) is 60.7 Å². The molecule has 0 saturated heterocycles. The largest absolute Gasteiger partial charge is 0.464 e. The molecule has 1 aliphatic heterocycles. The number of benzene rings is 8. The van der Waals surface area contributed by atoms with Crippen LogP contribution < -0.4 is 4.74 Å². The van der Waals surface area contributed by atoms with Crippen LogP contribution in [0.5, 0.6) is 5.75 Å². The Labute approximate surface area is 370 Å². The average molecular weight is 823 g/mol. The fourth-order valence-electron chi connectivity index (χ4n) is 10.6. The number of furan rings is 1. The van der Waals surface area contributed by atoms with Crippen molar-refractivity contribution in [1.82, 2.24) is 9.13 Å². The lowest BCUT2D eigenvalue weighted by Gasteiger charge is -2.21. The molecule has 2 aliphatic rings. The Morgan fingerprint density at radius 1 is 0.562 bits per heavy atom. The third-order valence-corrected chi connectivity index (χ3v) is 13.5. The van der Waals surface area contributed by atoms with E-state index in [2.05, 4.69) is 203 Å². The van der Waals surface area contributed by atoms with Crippen LogP contribution in [0.4, 0.5) is 0 Å². The van der Waals surface area contributed by atoms with Gasteiger partial charge in [0.2, 0.25) is 0 Å². The normalized spacial score (nSPS) is 16.6. The number of hydrogen-bond donors (Lipinski definition) is 0. The summed E-state index contributed by atoms with van der Waals surface area (Å²) in [6.07, 6.45) is 14.3. The molecule has 4 heterocycles. The van der Waals surface area contributed by atoms with Gasteiger partial charge in [-0.3, -0.25) is 0 Å². The highest BCUT2D eigenvalue weighted by Crippen LogP contribution is 2.48. The molecule has 0 radical (unpaired) electrons. The number of hydrogen-bond acceptors (Lipinski definition) is 2. The zero-order valence-electron chi connectivity index (χ0n) is 35.2. The quantitative estimate of drug-likeness (QED) is 0.162. The molecule has 11 aromatic rings. The smallest absolute Gasteiger partial charge is 0.144 e. The molecular weight excluding hydrogens is 781 g/mol. The molecule has 0 N–H and O–H groups in total. The average Bonchev–Trinajstić information content (AvgIpc) is 4.01. The maximum Gasteiger partial charge on any atom is 0.144 e. The van der Waals surface area contributed by atoms with E-state index in [1.807, 2.05) is 6.26 Å². The van der Waals surface area contributed by atoms with E-state index in [-0.39, 0.29) is 0 Å². The molecule has 4 heteroatoms. The third kappa shape index (κ3) is 5.69. The van der Waals surface area contributed by atoms with Crippen molar-refractivity contribution in [3.63, 3.8) is 0 Å². The van der Waals surface area contributed by atoms with Crippen LogP contribution in [-0.2, 0) is 0 Å². The number of rotatable bonds is 5. The van der Waals surface area contributed by atoms with Crippen LogP contribution in [0.15, 0.2) is 211 Å². The van der Waals surface area contributed by atoms with Gasteiger partial charge in [-0.05, 0) is 114 Å². The second-order valence-electron chi connectivity index (χ2n) is 17.2. The molecular formula is C60H42N2O2. The number of para-hydroxylation sites is 4. The van der Waals surface area contributed by atoms with E-state index >= 15 is 0 Å². The van der Waals surface area contributed by atoms with Gasteiger partial charge in [0.15, 0.2) is 0 Å². The van der Waals surface area contributed by atoms with Gasteiger partial charge in [-0.15, -0.1) is 0 Å². The topological polar surface area (TPSA) is 32.2 Å². The van der Waals surface area contributed by atoms with Gasteiger partial charge >= 0.3 is 0 Å². The van der Waals surface area contributed by atoms with Gasteiger partial charge in [-0.1, -0.05) is 134 Å². The molecule has 1 unspecified atom stereocenters. The van der Waals surface area contributed by atoms with Crippen LogP contribution in [0, 0.1) is 0 Å². The molecule has 13 rings (SSSR count). The van der Waals surface area contributed by atoms with Crippen molar-refractivity contribution in [3.8, 4) is 33.7 Å². The SMILES string of the molecule is C=C1/C=C(n2c3ccccc3c3ccccc32)\C=C/Oc2cc(-c3cc(-c4ccccc4)cc(C4C=CCCC4)c3)c3oc4ccc(-n5c6ccccc6c6ccccc65)cc4c3c21. The number of aromatic nitrogens is 2. The summed E-state index contributed by atoms with van der Waals surface area (Å²) in [6.45, 7) is 4.84. The molecule has 8 aromatic carbocycles. The van der Waals surface area contributed by atoms with E-state index in [4.69, 9.17) is 15.7 Å². The van der Waals surface area contributed by atoms with Gasteiger partial charge in [0.05, 0.1) is 28.3 Å². The van der Waals surface area contributed by atoms with Crippen LogP contribution in [-0.4, -0.2) is 9.13 Å². The molecule has 304 valence electrons. The molecule has 64 heavy (non-hydrogen) atoms. The third-order valence-electron chi connectivity index (χ3n) is 13.5. The number of ether oxygens (including phenoxy) is 1. The van der Waals surface area contributed by atoms with Crippen molar-refractivity contribution < 1.29 is 9.15 Å². The summed E-state index contributed by atoms with van der Waals surface area (Å²) in [5.74, 6) is 1.07. The van der Waals surface area contributed by atoms with Crippen LogP contribution in [0.3, 0.4) is 0 Å². The van der Waals surface area contributed by atoms with E-state index in [9.17, 15) is 0 Å². The van der Waals surface area contributed by atoms with Gasteiger partial charge < -0.3 is 18.3 Å². The second-order valence-corrected chi connectivity index (χ2v) is 17.2. The molecule has 0 amide bonds. The molecule has 0 fully saturated rings. The van der Waals surface area contributed by atoms with Crippen molar-refractivity contribution in [1.29, 1.82) is 0 Å². The summed E-state index contributed by atoms with van der Waals surface area (Å²) < 4.78 is 18.7. The minimum Gasteiger partial charge on any atom is -0.464 e. The molecule has 3 aromatic heterocycles. The highest BCUT2D eigenvalue weighted by atomic mass is 16.5. The predicted molar refractivity (Wildman–Crippen MR) is 267 cm³/mol. The second kappa shape index (κ2) is 14.5. The van der Waals surface area contributed by atoms with E-state index in [1.165, 1.54) is 44.7 Å². The summed E-state index contributed by atoms with van der Waals surface area (Å²) in [5.41, 5.74) is 15.7. The van der Waals surface area contributed by atoms with Gasteiger partial charge in [-0.2, -0.15) is 0 Å². The maximum absolute atomic E-state index is 7.15. The first-order valence-corrected chi connectivity index (χ1v) is 22.3. The molecule has 4 nitrogen and oxygen atoms in total. The Morgan fingerprint density at radius 2 is 1.19 bits per heavy atom. The Balaban J connectivity index is 1.09. The summed E-state index contributed by atoms with van der Waals surface area (Å²) in [4.78, 5) is 0. The lowest BCUT2D eigenvalue weighted by Crippen LogP contribution is -2.01. The highest BCUT2D eigenvalue weighted by molar-refractivity contribution is 6.18. The Bertz CT molecular complexity index is 3710. The predicted octanol–water partition coefficient (Wildman–Crippen LogP) is 16.4. The Hall–Kier alpha value is -8.08. The Kier molecular flexibility index (Phi) is 8.29. The molecule has 1 atom stereocenters. The van der Waals surface area contributed by atoms with Crippen molar-refractivity contribution in [3.05, 3.63) is 218 Å². The minimum atomic E-state index is 0.337. The fourth-order valence-corrected chi connectivity index (χ4v) is 10.6. The fraction of sp³-hybridized carbons (Fsp3) is 0.0667. The van der Waals surface area contributed by atoms with Crippen LogP contribution >= 0.6 is 0 Å². The molecule has 1 aliphatic carbocycles. The molecule has 0 bridgehead atoms. The van der Waals surface area contributed by atoms with Crippen molar-refractivity contribution in [2.75, 3.05) is 0 Å². The van der Waals surface area contributed by atoms with E-state index in [0.717, 1.165) is 96.2 Å². The first kappa shape index (κ1) is 36.6. The van der Waals surface area contributed by atoms with Crippen LogP contribution in [0.2, 0.25) is 0 Å². The highest BCUT2D eigenvalue weighted by Gasteiger charge is 2.26. The zero-order chi connectivity index (χ0) is 42.3. The van der Waals surface area contributed by atoms with Crippen molar-refractivity contribution >= 4 is 76.8 Å². The van der Waals surface area contributed by atoms with Gasteiger partial charge in [0.1, 0.15) is 16.9 Å². The molecule has 0 saturated carbocycles. The van der Waals surface area contributed by atoms with Crippen molar-refractivity contribution in [2.45, 2.75) is 25.2 Å². The minimum absolute atomic E-state index is 0.337. The summed E-state index contributed by atoms with van der Waals surface area (Å²) in [6, 6.07) is 61.1. The van der Waals surface area contributed by atoms with Crippen LogP contribution in [0.25, 0.3) is 105 Å². The summed E-state index contributed by atoms with van der Waals surface area (Å²) >= 11 is 0. The Morgan fingerprint density at radius 3 is 1.84 bits per heavy atom. The zero-order valence-corrected chi connectivity index (χ0v) is 35.2. The number of nitrogens with zero attached hydrogens (tertiary/aromatic N) is 2. The monoisotopic (exact) mass is 822 g/mol. The standard InChI is InChI=1S/C60H42N2O2/c1-38-32-45(62-54-26-14-10-22-48(54)49-23-11-15-27-55(49)62)30-31-63-57-37-50(43-34-41(39-16-4-2-5-17-39)33-42(35-43)40-18-6-3-7-19-40)60-59(58(38)57)51-36-44(28-29-56(51)64-60)61-52-24-12-8-20-46(52)47-21-9-13-25-53(47)61/h2,4-6,8-18,20-37,40H,1,3,7,19H2/b31-30-,45-32+. The first-order chi connectivity index (χ1) is 31.7. The van der Waals surface area contributed by atoms with E-state index < -0.39 is 0 Å². The number of fused-ring (bicyclic) bond motifs is 11. The number of allylic oxidation sites excluding steroid dienone is 6. The first-order valence-electron chi connectivity index (χ1n) is 22.3. The van der Waals surface area contributed by atoms with Gasteiger partial charge in [-0.25, -0.2) is 0 Å².